The molecule has 5 heteroatoms. The van der Waals surface area contributed by atoms with E-state index in [9.17, 15) is 4.79 Å². The molecule has 1 saturated heterocycles. The van der Waals surface area contributed by atoms with Crippen molar-refractivity contribution < 1.29 is 9.53 Å². The van der Waals surface area contributed by atoms with Crippen LogP contribution in [0.3, 0.4) is 0 Å². The van der Waals surface area contributed by atoms with E-state index in [1.165, 1.54) is 0 Å². The normalized spacial score (nSPS) is 15.9. The zero-order chi connectivity index (χ0) is 10.1. The van der Waals surface area contributed by atoms with Crippen molar-refractivity contribution in [3.8, 4) is 0 Å². The molecule has 0 atom stereocenters. The van der Waals surface area contributed by atoms with E-state index in [-0.39, 0.29) is 6.09 Å². The van der Waals surface area contributed by atoms with Crippen molar-refractivity contribution >= 4 is 27.8 Å². The van der Waals surface area contributed by atoms with E-state index < -0.39 is 0 Å². The van der Waals surface area contributed by atoms with Gasteiger partial charge in [-0.1, -0.05) is 0 Å². The first kappa shape index (κ1) is 9.45. The fourth-order valence-electron chi connectivity index (χ4n) is 1.40. The van der Waals surface area contributed by atoms with Gasteiger partial charge in [0.2, 0.25) is 0 Å². The number of rotatable bonds is 1. The summed E-state index contributed by atoms with van der Waals surface area (Å²) in [6.45, 7) is 2.93. The number of amides is 1. The zero-order valence-corrected chi connectivity index (χ0v) is 9.24. The first-order valence-electron chi connectivity index (χ1n) is 4.25. The van der Waals surface area contributed by atoms with Gasteiger partial charge in [-0.15, -0.1) is 0 Å². The topological polar surface area (TPSA) is 42.4 Å². The zero-order valence-electron chi connectivity index (χ0n) is 7.66. The van der Waals surface area contributed by atoms with Gasteiger partial charge >= 0.3 is 6.09 Å². The standard InChI is InChI=1S/C9H9BrN2O2/c1-6-4-7(10)5-11-8(6)12-2-3-14-9(12)13/h4-5H,2-3H2,1H3. The van der Waals surface area contributed by atoms with Crippen molar-refractivity contribution in [1.29, 1.82) is 0 Å². The number of carbonyl (C=O) groups excluding carboxylic acids is 1. The second-order valence-corrected chi connectivity index (χ2v) is 3.98. The maximum Gasteiger partial charge on any atom is 0.415 e. The van der Waals surface area contributed by atoms with Crippen LogP contribution in [0.15, 0.2) is 16.7 Å². The van der Waals surface area contributed by atoms with Crippen LogP contribution in [0, 0.1) is 6.92 Å². The highest BCUT2D eigenvalue weighted by Crippen LogP contribution is 2.22. The number of halogens is 1. The maximum absolute atomic E-state index is 11.3. The highest BCUT2D eigenvalue weighted by molar-refractivity contribution is 9.10. The van der Waals surface area contributed by atoms with Gasteiger partial charge in [0.05, 0.1) is 6.54 Å². The number of aromatic nitrogens is 1. The molecular formula is C9H9BrN2O2. The molecule has 1 aliphatic rings. The average molecular weight is 257 g/mol. The SMILES string of the molecule is Cc1cc(Br)cnc1N1CCOC1=O. The van der Waals surface area contributed by atoms with Crippen LogP contribution in [0.2, 0.25) is 0 Å². The Morgan fingerprint density at radius 1 is 1.64 bits per heavy atom. The van der Waals surface area contributed by atoms with E-state index in [1.807, 2.05) is 13.0 Å². The van der Waals surface area contributed by atoms with Gasteiger partial charge in [0.1, 0.15) is 12.4 Å². The van der Waals surface area contributed by atoms with E-state index in [4.69, 9.17) is 4.74 Å². The Morgan fingerprint density at radius 2 is 2.43 bits per heavy atom. The highest BCUT2D eigenvalue weighted by Gasteiger charge is 2.25. The molecule has 14 heavy (non-hydrogen) atoms. The summed E-state index contributed by atoms with van der Waals surface area (Å²) in [6, 6.07) is 1.92. The monoisotopic (exact) mass is 256 g/mol. The number of nitrogens with zero attached hydrogens (tertiary/aromatic N) is 2. The lowest BCUT2D eigenvalue weighted by Crippen LogP contribution is -2.25. The molecule has 0 unspecified atom stereocenters. The summed E-state index contributed by atoms with van der Waals surface area (Å²) in [7, 11) is 0. The fraction of sp³-hybridized carbons (Fsp3) is 0.333. The summed E-state index contributed by atoms with van der Waals surface area (Å²) in [6.07, 6.45) is 1.36. The van der Waals surface area contributed by atoms with Gasteiger partial charge in [-0.25, -0.2) is 9.78 Å². The Balaban J connectivity index is 2.36. The number of anilines is 1. The van der Waals surface area contributed by atoms with Crippen molar-refractivity contribution in [2.75, 3.05) is 18.1 Å². The second-order valence-electron chi connectivity index (χ2n) is 3.06. The lowest BCUT2D eigenvalue weighted by Gasteiger charge is -2.13. The van der Waals surface area contributed by atoms with Crippen LogP contribution in [0.4, 0.5) is 10.6 Å². The second kappa shape index (κ2) is 3.57. The Kier molecular flexibility index (Phi) is 2.41. The molecule has 1 aliphatic heterocycles. The van der Waals surface area contributed by atoms with Gasteiger partial charge in [-0.2, -0.15) is 0 Å². The summed E-state index contributed by atoms with van der Waals surface area (Å²) in [5, 5.41) is 0. The molecule has 0 N–H and O–H groups in total. The molecule has 2 rings (SSSR count). The molecule has 0 bridgehead atoms. The number of hydrogen-bond acceptors (Lipinski definition) is 3. The fourth-order valence-corrected chi connectivity index (χ4v) is 1.85. The Morgan fingerprint density at radius 3 is 3.00 bits per heavy atom. The van der Waals surface area contributed by atoms with Crippen LogP contribution in [0.25, 0.3) is 0 Å². The summed E-state index contributed by atoms with van der Waals surface area (Å²) in [5.74, 6) is 0.677. The molecule has 1 fully saturated rings. The molecule has 0 saturated carbocycles. The predicted molar refractivity (Wildman–Crippen MR) is 55.4 cm³/mol. The summed E-state index contributed by atoms with van der Waals surface area (Å²) in [5.41, 5.74) is 0.957. The third kappa shape index (κ3) is 1.59. The molecule has 0 aromatic carbocycles. The van der Waals surface area contributed by atoms with Gasteiger partial charge < -0.3 is 4.74 Å². The Bertz CT molecular complexity index is 381. The van der Waals surface area contributed by atoms with E-state index in [0.717, 1.165) is 10.0 Å². The molecule has 0 radical (unpaired) electrons. The van der Waals surface area contributed by atoms with Gasteiger partial charge in [0, 0.05) is 10.7 Å². The van der Waals surface area contributed by atoms with Crippen LogP contribution in [0.5, 0.6) is 0 Å². The largest absolute Gasteiger partial charge is 0.447 e. The van der Waals surface area contributed by atoms with E-state index >= 15 is 0 Å². The third-order valence-electron chi connectivity index (χ3n) is 2.03. The summed E-state index contributed by atoms with van der Waals surface area (Å²) >= 11 is 3.32. The van der Waals surface area contributed by atoms with Crippen molar-refractivity contribution in [2.45, 2.75) is 6.92 Å². The number of hydrogen-bond donors (Lipinski definition) is 0. The molecule has 0 aliphatic carbocycles. The van der Waals surface area contributed by atoms with Crippen molar-refractivity contribution in [3.63, 3.8) is 0 Å². The quantitative estimate of drug-likeness (QED) is 0.773. The minimum Gasteiger partial charge on any atom is -0.447 e. The van der Waals surface area contributed by atoms with Gasteiger partial charge in [-0.05, 0) is 34.5 Å². The molecular weight excluding hydrogens is 248 g/mol. The lowest BCUT2D eigenvalue weighted by molar-refractivity contribution is 0.181. The average Bonchev–Trinajstić information content (AvgIpc) is 2.52. The van der Waals surface area contributed by atoms with Crippen molar-refractivity contribution in [2.24, 2.45) is 0 Å². The van der Waals surface area contributed by atoms with E-state index in [0.29, 0.717) is 19.0 Å². The summed E-state index contributed by atoms with van der Waals surface area (Å²) < 4.78 is 5.75. The van der Waals surface area contributed by atoms with Gasteiger partial charge in [0.25, 0.3) is 0 Å². The number of pyridine rings is 1. The molecule has 4 nitrogen and oxygen atoms in total. The molecule has 1 aromatic heterocycles. The van der Waals surface area contributed by atoms with Crippen LogP contribution < -0.4 is 4.90 Å². The molecule has 1 aromatic rings. The van der Waals surface area contributed by atoms with Gasteiger partial charge in [-0.3, -0.25) is 4.90 Å². The van der Waals surface area contributed by atoms with Crippen LogP contribution in [-0.2, 0) is 4.74 Å². The van der Waals surface area contributed by atoms with Gasteiger partial charge in [0.15, 0.2) is 0 Å². The smallest absolute Gasteiger partial charge is 0.415 e. The Labute approximate surface area is 90.0 Å². The molecule has 74 valence electrons. The minimum absolute atomic E-state index is 0.317. The number of carbonyl (C=O) groups is 1. The molecule has 1 amide bonds. The summed E-state index contributed by atoms with van der Waals surface area (Å²) in [4.78, 5) is 17.0. The first-order valence-corrected chi connectivity index (χ1v) is 5.04. The lowest BCUT2D eigenvalue weighted by atomic mass is 10.3. The van der Waals surface area contributed by atoms with Crippen LogP contribution in [-0.4, -0.2) is 24.2 Å². The number of aryl methyl sites for hydroxylation is 1. The first-order chi connectivity index (χ1) is 6.68. The van der Waals surface area contributed by atoms with Crippen LogP contribution in [0.1, 0.15) is 5.56 Å². The van der Waals surface area contributed by atoms with Crippen molar-refractivity contribution in [3.05, 3.63) is 22.3 Å². The number of cyclic esters (lactones) is 1. The minimum atomic E-state index is -0.317. The number of ether oxygens (including phenoxy) is 1. The maximum atomic E-state index is 11.3. The van der Waals surface area contributed by atoms with E-state index in [2.05, 4.69) is 20.9 Å². The molecule has 2 heterocycles. The predicted octanol–water partition coefficient (Wildman–Crippen LogP) is 2.11. The molecule has 0 spiro atoms. The van der Waals surface area contributed by atoms with Crippen molar-refractivity contribution in [1.82, 2.24) is 4.98 Å². The third-order valence-corrected chi connectivity index (χ3v) is 2.47. The van der Waals surface area contributed by atoms with Crippen LogP contribution >= 0.6 is 15.9 Å². The highest BCUT2D eigenvalue weighted by atomic mass is 79.9. The van der Waals surface area contributed by atoms with E-state index in [1.54, 1.807) is 11.1 Å². The Hall–Kier alpha value is -1.10.